The average Bonchev–Trinajstić information content (AvgIpc) is 2.08. The average molecular weight is 227 g/mol. The van der Waals surface area contributed by atoms with E-state index in [4.69, 9.17) is 5.73 Å². The first-order valence-corrected chi connectivity index (χ1v) is 5.03. The van der Waals surface area contributed by atoms with E-state index in [1.54, 1.807) is 13.8 Å². The smallest absolute Gasteiger partial charge is 0.139 e. The number of carbonyl (C=O) groups excluding carboxylic acids is 1. The third-order valence-corrected chi connectivity index (χ3v) is 2.09. The molecule has 1 rings (SSSR count). The van der Waals surface area contributed by atoms with Crippen LogP contribution in [0.2, 0.25) is 0 Å². The molecule has 0 atom stereocenters. The molecule has 0 heterocycles. The Morgan fingerprint density at radius 1 is 1.31 bits per heavy atom. The van der Waals surface area contributed by atoms with Crippen LogP contribution in [-0.2, 0) is 11.2 Å². The summed E-state index contributed by atoms with van der Waals surface area (Å²) in [6.45, 7) is 3.39. The number of hydrogen-bond acceptors (Lipinski definition) is 2. The minimum Gasteiger partial charge on any atom is -0.325 e. The Kier molecular flexibility index (Phi) is 3.75. The van der Waals surface area contributed by atoms with Gasteiger partial charge in [0, 0.05) is 23.9 Å². The van der Waals surface area contributed by atoms with Crippen molar-refractivity contribution in [3.05, 3.63) is 35.4 Å². The number of benzene rings is 1. The van der Waals surface area contributed by atoms with E-state index in [0.29, 0.717) is 0 Å². The van der Waals surface area contributed by atoms with E-state index >= 15 is 0 Å². The Hall–Kier alpha value is -1.29. The molecule has 0 aliphatic carbocycles. The maximum atomic E-state index is 13.2. The Balaban J connectivity index is 2.78. The first-order chi connectivity index (χ1) is 7.29. The highest BCUT2D eigenvalue weighted by Gasteiger charge is 2.19. The summed E-state index contributed by atoms with van der Waals surface area (Å²) in [5.41, 5.74) is 4.82. The van der Waals surface area contributed by atoms with Crippen LogP contribution < -0.4 is 5.73 Å². The van der Waals surface area contributed by atoms with E-state index in [-0.39, 0.29) is 24.2 Å². The van der Waals surface area contributed by atoms with Gasteiger partial charge < -0.3 is 5.73 Å². The molecule has 1 aromatic carbocycles. The summed E-state index contributed by atoms with van der Waals surface area (Å²) in [5, 5.41) is 0. The molecule has 4 heteroatoms. The van der Waals surface area contributed by atoms with Gasteiger partial charge in [-0.15, -0.1) is 0 Å². The Morgan fingerprint density at radius 3 is 2.25 bits per heavy atom. The van der Waals surface area contributed by atoms with E-state index in [2.05, 4.69) is 0 Å². The van der Waals surface area contributed by atoms with E-state index in [9.17, 15) is 13.6 Å². The van der Waals surface area contributed by atoms with Crippen LogP contribution in [0.25, 0.3) is 0 Å². The van der Waals surface area contributed by atoms with Crippen molar-refractivity contribution in [1.82, 2.24) is 0 Å². The molecular weight excluding hydrogens is 212 g/mol. The Bertz CT molecular complexity index is 376. The van der Waals surface area contributed by atoms with E-state index < -0.39 is 17.2 Å². The minimum absolute atomic E-state index is 0.0980. The second-order valence-corrected chi connectivity index (χ2v) is 4.58. The van der Waals surface area contributed by atoms with Crippen LogP contribution in [0.4, 0.5) is 8.78 Å². The molecular formula is C12H15F2NO. The molecule has 0 radical (unpaired) electrons. The number of hydrogen-bond donors (Lipinski definition) is 1. The highest BCUT2D eigenvalue weighted by molar-refractivity contribution is 5.81. The fraction of sp³-hybridized carbons (Fsp3) is 0.417. The highest BCUT2D eigenvalue weighted by atomic mass is 19.1. The van der Waals surface area contributed by atoms with Gasteiger partial charge in [0.2, 0.25) is 0 Å². The summed E-state index contributed by atoms with van der Waals surface area (Å²) in [4.78, 5) is 11.5. The lowest BCUT2D eigenvalue weighted by Crippen LogP contribution is -2.35. The fourth-order valence-electron chi connectivity index (χ4n) is 1.47. The molecule has 0 unspecified atom stereocenters. The molecule has 0 bridgehead atoms. The van der Waals surface area contributed by atoms with E-state index in [1.807, 2.05) is 0 Å². The van der Waals surface area contributed by atoms with Gasteiger partial charge in [-0.1, -0.05) is 6.07 Å². The summed E-state index contributed by atoms with van der Waals surface area (Å²) >= 11 is 0. The molecule has 0 aliphatic heterocycles. The van der Waals surface area contributed by atoms with Gasteiger partial charge in [0.25, 0.3) is 0 Å². The van der Waals surface area contributed by atoms with Crippen molar-refractivity contribution >= 4 is 5.78 Å². The predicted molar refractivity (Wildman–Crippen MR) is 58.0 cm³/mol. The number of ketones is 1. The van der Waals surface area contributed by atoms with Crippen molar-refractivity contribution in [3.8, 4) is 0 Å². The van der Waals surface area contributed by atoms with Crippen LogP contribution in [0.1, 0.15) is 25.8 Å². The van der Waals surface area contributed by atoms with Gasteiger partial charge in [-0.05, 0) is 26.0 Å². The zero-order chi connectivity index (χ0) is 12.3. The molecule has 0 fully saturated rings. The van der Waals surface area contributed by atoms with Crippen LogP contribution in [0, 0.1) is 11.6 Å². The number of halogens is 2. The van der Waals surface area contributed by atoms with Crippen molar-refractivity contribution in [3.63, 3.8) is 0 Å². The lowest BCUT2D eigenvalue weighted by Gasteiger charge is -2.17. The van der Waals surface area contributed by atoms with Gasteiger partial charge in [-0.3, -0.25) is 4.79 Å². The largest absolute Gasteiger partial charge is 0.325 e. The number of rotatable bonds is 4. The zero-order valence-corrected chi connectivity index (χ0v) is 9.39. The van der Waals surface area contributed by atoms with Crippen LogP contribution >= 0.6 is 0 Å². The normalized spacial score (nSPS) is 11.6. The van der Waals surface area contributed by atoms with Gasteiger partial charge >= 0.3 is 0 Å². The summed E-state index contributed by atoms with van der Waals surface area (Å²) < 4.78 is 26.4. The molecule has 0 spiro atoms. The number of Topliss-reactive ketones (excluding diaryl/α,β-unsaturated/α-hetero) is 1. The molecule has 0 saturated heterocycles. The summed E-state index contributed by atoms with van der Waals surface area (Å²) in [6.07, 6.45) is -0.153. The first-order valence-electron chi connectivity index (χ1n) is 5.03. The number of nitrogens with two attached hydrogens (primary N) is 1. The maximum absolute atomic E-state index is 13.2. The monoisotopic (exact) mass is 227 g/mol. The van der Waals surface area contributed by atoms with Gasteiger partial charge in [-0.25, -0.2) is 8.78 Å². The Labute approximate surface area is 93.5 Å². The fourth-order valence-corrected chi connectivity index (χ4v) is 1.47. The molecule has 2 N–H and O–H groups in total. The Morgan fingerprint density at radius 2 is 1.81 bits per heavy atom. The summed E-state index contributed by atoms with van der Waals surface area (Å²) in [5.74, 6) is -1.65. The zero-order valence-electron chi connectivity index (χ0n) is 9.39. The topological polar surface area (TPSA) is 43.1 Å². The molecule has 2 nitrogen and oxygen atoms in total. The van der Waals surface area contributed by atoms with Crippen LogP contribution in [0.15, 0.2) is 18.2 Å². The van der Waals surface area contributed by atoms with Crippen LogP contribution in [0.5, 0.6) is 0 Å². The predicted octanol–water partition coefficient (Wildman–Crippen LogP) is 2.20. The molecule has 0 aromatic heterocycles. The maximum Gasteiger partial charge on any atom is 0.139 e. The van der Waals surface area contributed by atoms with Crippen molar-refractivity contribution < 1.29 is 13.6 Å². The second-order valence-electron chi connectivity index (χ2n) is 4.58. The van der Waals surface area contributed by atoms with Crippen molar-refractivity contribution in [2.75, 3.05) is 0 Å². The summed E-state index contributed by atoms with van der Waals surface area (Å²) in [7, 11) is 0. The lowest BCUT2D eigenvalue weighted by atomic mass is 9.95. The van der Waals surface area contributed by atoms with Crippen molar-refractivity contribution in [1.29, 1.82) is 0 Å². The van der Waals surface area contributed by atoms with Crippen molar-refractivity contribution in [2.45, 2.75) is 32.2 Å². The quantitative estimate of drug-likeness (QED) is 0.856. The third-order valence-electron chi connectivity index (χ3n) is 2.09. The third kappa shape index (κ3) is 3.70. The molecule has 0 aliphatic rings. The molecule has 1 aromatic rings. The van der Waals surface area contributed by atoms with Gasteiger partial charge in [0.1, 0.15) is 17.4 Å². The SMILES string of the molecule is CC(C)(N)CC(=O)Cc1c(F)cccc1F. The number of carbonyl (C=O) groups is 1. The van der Waals surface area contributed by atoms with Crippen molar-refractivity contribution in [2.24, 2.45) is 5.73 Å². The molecule has 0 amide bonds. The van der Waals surface area contributed by atoms with Gasteiger partial charge in [0.05, 0.1) is 0 Å². The van der Waals surface area contributed by atoms with Gasteiger partial charge in [-0.2, -0.15) is 0 Å². The van der Waals surface area contributed by atoms with E-state index in [0.717, 1.165) is 12.1 Å². The van der Waals surface area contributed by atoms with E-state index in [1.165, 1.54) is 6.07 Å². The second kappa shape index (κ2) is 4.70. The summed E-state index contributed by atoms with van der Waals surface area (Å²) in [6, 6.07) is 3.55. The van der Waals surface area contributed by atoms with Crippen LogP contribution in [-0.4, -0.2) is 11.3 Å². The minimum atomic E-state index is -0.692. The standard InChI is InChI=1S/C12H15F2NO/c1-12(2,15)7-8(16)6-9-10(13)4-3-5-11(9)14/h3-5H,6-7,15H2,1-2H3. The first kappa shape index (κ1) is 12.8. The molecule has 0 saturated carbocycles. The van der Waals surface area contributed by atoms with Crippen LogP contribution in [0.3, 0.4) is 0 Å². The molecule has 16 heavy (non-hydrogen) atoms. The molecule has 88 valence electrons. The lowest BCUT2D eigenvalue weighted by molar-refractivity contribution is -0.119. The highest BCUT2D eigenvalue weighted by Crippen LogP contribution is 2.15. The van der Waals surface area contributed by atoms with Gasteiger partial charge in [0.15, 0.2) is 0 Å².